The van der Waals surface area contributed by atoms with E-state index in [-0.39, 0.29) is 17.6 Å². The van der Waals surface area contributed by atoms with E-state index in [1.165, 1.54) is 23.2 Å². The highest BCUT2D eigenvalue weighted by Crippen LogP contribution is 2.23. The summed E-state index contributed by atoms with van der Waals surface area (Å²) < 4.78 is 0.896. The second kappa shape index (κ2) is 9.49. The minimum absolute atomic E-state index is 0.0266. The Morgan fingerprint density at radius 2 is 2.10 bits per heavy atom. The van der Waals surface area contributed by atoms with E-state index < -0.39 is 18.0 Å². The fraction of sp³-hybridized carbons (Fsp3) is 0.350. The summed E-state index contributed by atoms with van der Waals surface area (Å²) in [6, 6.07) is 5.94. The maximum atomic E-state index is 13.2. The highest BCUT2D eigenvalue weighted by atomic mass is 32.1. The van der Waals surface area contributed by atoms with Gasteiger partial charge >= 0.3 is 0 Å². The van der Waals surface area contributed by atoms with Crippen molar-refractivity contribution in [2.45, 2.75) is 31.8 Å². The molecule has 0 aliphatic carbocycles. The number of benzene rings is 1. The van der Waals surface area contributed by atoms with Crippen LogP contribution >= 0.6 is 11.3 Å². The molecule has 3 rings (SSSR count). The van der Waals surface area contributed by atoms with Crippen molar-refractivity contribution in [1.29, 1.82) is 0 Å². The van der Waals surface area contributed by atoms with E-state index in [9.17, 15) is 14.4 Å². The van der Waals surface area contributed by atoms with Crippen LogP contribution in [0, 0.1) is 0 Å². The summed E-state index contributed by atoms with van der Waals surface area (Å²) in [5.41, 5.74) is 11.4. The molecule has 0 unspecified atom stereocenters. The Morgan fingerprint density at radius 3 is 2.80 bits per heavy atom. The van der Waals surface area contributed by atoms with Crippen LogP contribution in [0.3, 0.4) is 0 Å². The van der Waals surface area contributed by atoms with Gasteiger partial charge in [-0.15, -0.1) is 11.3 Å². The maximum Gasteiger partial charge on any atom is 0.247 e. The number of para-hydroxylation sites is 1. The van der Waals surface area contributed by atoms with Crippen molar-refractivity contribution in [2.24, 2.45) is 16.5 Å². The first-order valence-electron chi connectivity index (χ1n) is 9.56. The Hall–Kier alpha value is -3.27. The minimum atomic E-state index is -0.796. The van der Waals surface area contributed by atoms with E-state index >= 15 is 0 Å². The molecule has 0 radical (unpaired) electrons. The van der Waals surface area contributed by atoms with E-state index in [0.29, 0.717) is 30.9 Å². The lowest BCUT2D eigenvalue weighted by atomic mass is 10.1. The van der Waals surface area contributed by atoms with Gasteiger partial charge in [-0.3, -0.25) is 19.4 Å². The largest absolute Gasteiger partial charge is 0.370 e. The number of rotatable bonds is 8. The molecule has 0 saturated carbocycles. The van der Waals surface area contributed by atoms with E-state index in [1.807, 2.05) is 24.3 Å². The summed E-state index contributed by atoms with van der Waals surface area (Å²) in [5.74, 6) is -0.908. The summed E-state index contributed by atoms with van der Waals surface area (Å²) in [4.78, 5) is 47.5. The summed E-state index contributed by atoms with van der Waals surface area (Å²) >= 11 is 1.28. The molecule has 30 heavy (non-hydrogen) atoms. The first kappa shape index (κ1) is 21.4. The van der Waals surface area contributed by atoms with Crippen LogP contribution < -0.4 is 16.8 Å². The fourth-order valence-corrected chi connectivity index (χ4v) is 4.19. The van der Waals surface area contributed by atoms with Gasteiger partial charge in [0, 0.05) is 20.0 Å². The average molecular weight is 429 g/mol. The first-order chi connectivity index (χ1) is 14.4. The third-order valence-electron chi connectivity index (χ3n) is 4.71. The van der Waals surface area contributed by atoms with Crippen LogP contribution in [0.5, 0.6) is 0 Å². The molecular formula is C20H24N6O3S. The first-order valence-corrected chi connectivity index (χ1v) is 10.4. The van der Waals surface area contributed by atoms with Gasteiger partial charge in [-0.25, -0.2) is 4.98 Å². The summed E-state index contributed by atoms with van der Waals surface area (Å²) in [6.07, 6.45) is 4.26. The number of aliphatic imine (C=N–C) groups is 1. The zero-order valence-corrected chi connectivity index (χ0v) is 17.4. The molecule has 0 fully saturated rings. The number of ketones is 1. The second-order valence-corrected chi connectivity index (χ2v) is 7.94. The third-order valence-corrected chi connectivity index (χ3v) is 5.76. The zero-order valence-electron chi connectivity index (χ0n) is 16.6. The number of carbonyl (C=O) groups is 3. The number of Topliss-reactive ketones (excluding diaryl/α,β-unsaturated/α-hetero) is 1. The molecule has 2 amide bonds. The van der Waals surface area contributed by atoms with Crippen molar-refractivity contribution >= 4 is 45.1 Å². The Bertz CT molecular complexity index is 978. The number of fused-ring (bicyclic) bond motifs is 1. The minimum Gasteiger partial charge on any atom is -0.370 e. The summed E-state index contributed by atoms with van der Waals surface area (Å²) in [7, 11) is 0. The number of hydrogen-bond donors (Lipinski definition) is 3. The van der Waals surface area contributed by atoms with E-state index in [0.717, 1.165) is 10.2 Å². The van der Waals surface area contributed by atoms with Crippen LogP contribution in [0.2, 0.25) is 0 Å². The van der Waals surface area contributed by atoms with Crippen molar-refractivity contribution in [2.75, 3.05) is 13.1 Å². The molecule has 0 spiro atoms. The highest BCUT2D eigenvalue weighted by Gasteiger charge is 2.32. The van der Waals surface area contributed by atoms with Crippen molar-refractivity contribution in [1.82, 2.24) is 15.2 Å². The molecule has 158 valence electrons. The molecule has 1 aliphatic rings. The van der Waals surface area contributed by atoms with Crippen molar-refractivity contribution in [3.63, 3.8) is 0 Å². The number of nitrogens with two attached hydrogens (primary N) is 2. The Kier molecular flexibility index (Phi) is 6.78. The van der Waals surface area contributed by atoms with Gasteiger partial charge in [0.25, 0.3) is 0 Å². The number of aromatic nitrogens is 1. The lowest BCUT2D eigenvalue weighted by molar-refractivity contribution is -0.136. The average Bonchev–Trinajstić information content (AvgIpc) is 3.36. The standard InChI is InChI=1S/C20H24N6O3S/c1-12(27)26-11-5-8-15(26)18(29)24-14(7-4-10-23-20(21)22)17(28)19-25-13-6-2-3-9-16(13)30-19/h2-3,5-6,8-9,14-15H,4,7,10-11H2,1H3,(H,24,29)(H4,21,22,23)/t14-,15-/m0/s1. The quantitative estimate of drug-likeness (QED) is 0.187. The molecule has 9 nitrogen and oxygen atoms in total. The maximum absolute atomic E-state index is 13.2. The normalized spacial score (nSPS) is 16.4. The number of nitrogens with zero attached hydrogens (tertiary/aromatic N) is 3. The van der Waals surface area contributed by atoms with Crippen LogP contribution in [0.1, 0.15) is 29.6 Å². The van der Waals surface area contributed by atoms with Gasteiger partial charge < -0.3 is 21.7 Å². The molecule has 10 heteroatoms. The highest BCUT2D eigenvalue weighted by molar-refractivity contribution is 7.20. The number of amides is 2. The lowest BCUT2D eigenvalue weighted by Gasteiger charge is -2.24. The van der Waals surface area contributed by atoms with Gasteiger partial charge in [-0.2, -0.15) is 0 Å². The van der Waals surface area contributed by atoms with Gasteiger partial charge in [-0.1, -0.05) is 24.3 Å². The van der Waals surface area contributed by atoms with Gasteiger partial charge in [0.1, 0.15) is 6.04 Å². The van der Waals surface area contributed by atoms with Crippen LogP contribution in [0.15, 0.2) is 41.4 Å². The van der Waals surface area contributed by atoms with Crippen LogP contribution in [0.4, 0.5) is 0 Å². The molecule has 1 aliphatic heterocycles. The SMILES string of the molecule is CC(=O)N1CC=C[C@H]1C(=O)N[C@@H](CCCN=C(N)N)C(=O)c1nc2ccccc2s1. The molecule has 2 aromatic rings. The topological polar surface area (TPSA) is 144 Å². The predicted molar refractivity (Wildman–Crippen MR) is 116 cm³/mol. The van der Waals surface area contributed by atoms with Gasteiger partial charge in [-0.05, 0) is 25.0 Å². The molecule has 0 bridgehead atoms. The number of hydrogen-bond acceptors (Lipinski definition) is 6. The Labute approximate surface area is 177 Å². The third kappa shape index (κ3) is 5.01. The molecule has 1 aromatic heterocycles. The van der Waals surface area contributed by atoms with Gasteiger partial charge in [0.15, 0.2) is 11.0 Å². The number of nitrogens with one attached hydrogen (secondary N) is 1. The Balaban J connectivity index is 1.77. The van der Waals surface area contributed by atoms with Crippen molar-refractivity contribution in [3.05, 3.63) is 41.4 Å². The van der Waals surface area contributed by atoms with E-state index in [1.54, 1.807) is 12.2 Å². The summed E-state index contributed by atoms with van der Waals surface area (Å²) in [5, 5.41) is 3.12. The monoisotopic (exact) mass is 428 g/mol. The van der Waals surface area contributed by atoms with Crippen molar-refractivity contribution < 1.29 is 14.4 Å². The van der Waals surface area contributed by atoms with E-state index in [2.05, 4.69) is 15.3 Å². The van der Waals surface area contributed by atoms with Crippen LogP contribution in [0.25, 0.3) is 10.2 Å². The number of thiazole rings is 1. The Morgan fingerprint density at radius 1 is 1.33 bits per heavy atom. The molecular weight excluding hydrogens is 404 g/mol. The van der Waals surface area contributed by atoms with Crippen molar-refractivity contribution in [3.8, 4) is 0 Å². The van der Waals surface area contributed by atoms with Gasteiger partial charge in [0.2, 0.25) is 17.6 Å². The molecule has 2 atom stereocenters. The zero-order chi connectivity index (χ0) is 21.7. The van der Waals surface area contributed by atoms with Crippen LogP contribution in [-0.2, 0) is 9.59 Å². The summed E-state index contributed by atoms with van der Waals surface area (Å²) in [6.45, 7) is 2.12. The van der Waals surface area contributed by atoms with E-state index in [4.69, 9.17) is 11.5 Å². The van der Waals surface area contributed by atoms with Crippen LogP contribution in [-0.4, -0.2) is 58.6 Å². The fourth-order valence-electron chi connectivity index (χ4n) is 3.23. The number of guanidine groups is 1. The number of carbonyl (C=O) groups excluding carboxylic acids is 3. The molecule has 0 saturated heterocycles. The molecule has 2 heterocycles. The second-order valence-electron chi connectivity index (χ2n) is 6.91. The molecule has 1 aromatic carbocycles. The predicted octanol–water partition coefficient (Wildman–Crippen LogP) is 0.804. The molecule has 5 N–H and O–H groups in total. The lowest BCUT2D eigenvalue weighted by Crippen LogP contribution is -2.50. The van der Waals surface area contributed by atoms with Gasteiger partial charge in [0.05, 0.1) is 16.3 Å². The smallest absolute Gasteiger partial charge is 0.247 e.